The largest absolute Gasteiger partial charge is 0.416 e. The molecule has 1 aromatic heterocycles. The minimum Gasteiger partial charge on any atom is -0.355 e. The zero-order valence-corrected chi connectivity index (χ0v) is 13.8. The fourth-order valence-electron chi connectivity index (χ4n) is 2.36. The highest BCUT2D eigenvalue weighted by molar-refractivity contribution is 5.87. The van der Waals surface area contributed by atoms with Crippen molar-refractivity contribution in [2.24, 2.45) is 7.05 Å². The van der Waals surface area contributed by atoms with Crippen molar-refractivity contribution in [1.29, 1.82) is 0 Å². The van der Waals surface area contributed by atoms with Crippen molar-refractivity contribution in [2.75, 3.05) is 6.54 Å². The SMILES string of the molecule is Cn1cc(CCNC(=O)C(C)(C)c2cccc(C(F)(F)F)c2)cn1. The molecular weight excluding hydrogens is 319 g/mol. The van der Waals surface area contributed by atoms with Gasteiger partial charge in [0.05, 0.1) is 17.2 Å². The quantitative estimate of drug-likeness (QED) is 0.910. The van der Waals surface area contributed by atoms with E-state index in [4.69, 9.17) is 0 Å². The summed E-state index contributed by atoms with van der Waals surface area (Å²) in [6.45, 7) is 3.62. The van der Waals surface area contributed by atoms with E-state index in [-0.39, 0.29) is 5.91 Å². The second kappa shape index (κ2) is 6.67. The third-order valence-electron chi connectivity index (χ3n) is 3.94. The lowest BCUT2D eigenvalue weighted by atomic mass is 9.83. The molecule has 1 aromatic carbocycles. The number of nitrogens with one attached hydrogen (secondary N) is 1. The van der Waals surface area contributed by atoms with Crippen molar-refractivity contribution < 1.29 is 18.0 Å². The molecule has 0 radical (unpaired) electrons. The second-order valence-electron chi connectivity index (χ2n) is 6.23. The van der Waals surface area contributed by atoms with Gasteiger partial charge in [0.15, 0.2) is 0 Å². The molecule has 2 aromatic rings. The van der Waals surface area contributed by atoms with E-state index in [1.807, 2.05) is 6.20 Å². The van der Waals surface area contributed by atoms with Crippen molar-refractivity contribution in [3.05, 3.63) is 53.3 Å². The maximum atomic E-state index is 12.8. The van der Waals surface area contributed by atoms with Gasteiger partial charge in [0.2, 0.25) is 5.91 Å². The predicted octanol–water partition coefficient (Wildman–Crippen LogP) is 3.08. The topological polar surface area (TPSA) is 46.9 Å². The van der Waals surface area contributed by atoms with Crippen LogP contribution in [0.2, 0.25) is 0 Å². The molecule has 0 aliphatic rings. The summed E-state index contributed by atoms with van der Waals surface area (Å²) < 4.78 is 40.2. The highest BCUT2D eigenvalue weighted by atomic mass is 19.4. The van der Waals surface area contributed by atoms with Crippen LogP contribution < -0.4 is 5.32 Å². The van der Waals surface area contributed by atoms with E-state index in [0.29, 0.717) is 18.5 Å². The fraction of sp³-hybridized carbons (Fsp3) is 0.412. The minimum absolute atomic E-state index is 0.314. The molecule has 0 fully saturated rings. The lowest BCUT2D eigenvalue weighted by Gasteiger charge is -2.25. The van der Waals surface area contributed by atoms with Crippen LogP contribution in [0.4, 0.5) is 13.2 Å². The van der Waals surface area contributed by atoms with Crippen molar-refractivity contribution in [1.82, 2.24) is 15.1 Å². The molecule has 0 aliphatic heterocycles. The molecular formula is C17H20F3N3O. The zero-order valence-electron chi connectivity index (χ0n) is 13.8. The Balaban J connectivity index is 2.04. The van der Waals surface area contributed by atoms with Crippen LogP contribution in [0.15, 0.2) is 36.7 Å². The molecule has 24 heavy (non-hydrogen) atoms. The number of hydrogen-bond donors (Lipinski definition) is 1. The van der Waals surface area contributed by atoms with E-state index >= 15 is 0 Å². The average Bonchev–Trinajstić information content (AvgIpc) is 2.92. The number of carbonyl (C=O) groups excluding carboxylic acids is 1. The summed E-state index contributed by atoms with van der Waals surface area (Å²) >= 11 is 0. The van der Waals surface area contributed by atoms with Crippen LogP contribution >= 0.6 is 0 Å². The van der Waals surface area contributed by atoms with Crippen LogP contribution in [0, 0.1) is 0 Å². The zero-order chi connectivity index (χ0) is 18.0. The number of aromatic nitrogens is 2. The lowest BCUT2D eigenvalue weighted by Crippen LogP contribution is -2.41. The average molecular weight is 339 g/mol. The molecule has 1 N–H and O–H groups in total. The summed E-state index contributed by atoms with van der Waals surface area (Å²) in [6, 6.07) is 4.89. The third-order valence-corrected chi connectivity index (χ3v) is 3.94. The first kappa shape index (κ1) is 18.0. The third kappa shape index (κ3) is 4.15. The number of alkyl halides is 3. The van der Waals surface area contributed by atoms with Crippen LogP contribution in [0.1, 0.15) is 30.5 Å². The Bertz CT molecular complexity index is 720. The van der Waals surface area contributed by atoms with Crippen LogP contribution in [-0.4, -0.2) is 22.2 Å². The Hall–Kier alpha value is -2.31. The molecule has 0 spiro atoms. The van der Waals surface area contributed by atoms with Crippen molar-refractivity contribution in [2.45, 2.75) is 31.9 Å². The van der Waals surface area contributed by atoms with Crippen molar-refractivity contribution in [3.63, 3.8) is 0 Å². The summed E-state index contributed by atoms with van der Waals surface area (Å²) in [7, 11) is 1.80. The fourth-order valence-corrected chi connectivity index (χ4v) is 2.36. The Kier molecular flexibility index (Phi) is 5.01. The van der Waals surface area contributed by atoms with Crippen molar-refractivity contribution in [3.8, 4) is 0 Å². The summed E-state index contributed by atoms with van der Waals surface area (Å²) in [4.78, 5) is 12.4. The molecule has 4 nitrogen and oxygen atoms in total. The molecule has 0 atom stereocenters. The van der Waals surface area contributed by atoms with Gasteiger partial charge in [-0.15, -0.1) is 0 Å². The molecule has 1 heterocycles. The molecule has 7 heteroatoms. The summed E-state index contributed by atoms with van der Waals surface area (Å²) in [5, 5.41) is 6.82. The normalized spacial score (nSPS) is 12.2. The van der Waals surface area contributed by atoms with Gasteiger partial charge in [-0.25, -0.2) is 0 Å². The maximum absolute atomic E-state index is 12.8. The summed E-state index contributed by atoms with van der Waals surface area (Å²) in [5.41, 5.74) is -0.502. The molecule has 0 saturated heterocycles. The van der Waals surface area contributed by atoms with E-state index in [9.17, 15) is 18.0 Å². The number of nitrogens with zero attached hydrogens (tertiary/aromatic N) is 2. The molecule has 0 bridgehead atoms. The van der Waals surface area contributed by atoms with E-state index in [2.05, 4.69) is 10.4 Å². The van der Waals surface area contributed by atoms with E-state index in [1.165, 1.54) is 12.1 Å². The standard InChI is InChI=1S/C17H20F3N3O/c1-16(2,13-5-4-6-14(9-13)17(18,19)20)15(24)21-8-7-12-10-22-23(3)11-12/h4-6,9-11H,7-8H2,1-3H3,(H,21,24). The number of carbonyl (C=O) groups is 1. The molecule has 0 unspecified atom stereocenters. The lowest BCUT2D eigenvalue weighted by molar-refractivity contribution is -0.137. The van der Waals surface area contributed by atoms with Crippen LogP contribution in [0.3, 0.4) is 0 Å². The van der Waals surface area contributed by atoms with Crippen LogP contribution in [-0.2, 0) is 29.9 Å². The number of aryl methyl sites for hydroxylation is 1. The Labute approximate surface area is 138 Å². The van der Waals surface area contributed by atoms with Gasteiger partial charge in [0, 0.05) is 19.8 Å². The Morgan fingerprint density at radius 3 is 2.50 bits per heavy atom. The first-order valence-electron chi connectivity index (χ1n) is 7.54. The predicted molar refractivity (Wildman–Crippen MR) is 84.4 cm³/mol. The summed E-state index contributed by atoms with van der Waals surface area (Å²) in [6.07, 6.45) is -0.255. The smallest absolute Gasteiger partial charge is 0.355 e. The van der Waals surface area contributed by atoms with Gasteiger partial charge in [0.1, 0.15) is 0 Å². The first-order valence-corrected chi connectivity index (χ1v) is 7.54. The summed E-state index contributed by atoms with van der Waals surface area (Å²) in [5.74, 6) is -0.314. The van der Waals surface area contributed by atoms with Gasteiger partial charge in [-0.3, -0.25) is 9.48 Å². The highest BCUT2D eigenvalue weighted by Crippen LogP contribution is 2.32. The Morgan fingerprint density at radius 2 is 1.92 bits per heavy atom. The molecule has 130 valence electrons. The number of hydrogen-bond acceptors (Lipinski definition) is 2. The number of halogens is 3. The van der Waals surface area contributed by atoms with E-state index in [0.717, 1.165) is 17.7 Å². The van der Waals surface area contributed by atoms with Crippen molar-refractivity contribution >= 4 is 5.91 Å². The number of rotatable bonds is 5. The van der Waals surface area contributed by atoms with E-state index in [1.54, 1.807) is 31.8 Å². The first-order chi connectivity index (χ1) is 11.1. The van der Waals surface area contributed by atoms with Gasteiger partial charge < -0.3 is 5.32 Å². The highest BCUT2D eigenvalue weighted by Gasteiger charge is 2.34. The molecule has 0 saturated carbocycles. The van der Waals surface area contributed by atoms with E-state index < -0.39 is 17.2 Å². The van der Waals surface area contributed by atoms with Gasteiger partial charge in [-0.1, -0.05) is 18.2 Å². The second-order valence-corrected chi connectivity index (χ2v) is 6.23. The van der Waals surface area contributed by atoms with Gasteiger partial charge in [-0.05, 0) is 37.5 Å². The monoisotopic (exact) mass is 339 g/mol. The molecule has 0 aliphatic carbocycles. The van der Waals surface area contributed by atoms with Crippen LogP contribution in [0.25, 0.3) is 0 Å². The number of benzene rings is 1. The van der Waals surface area contributed by atoms with Gasteiger partial charge >= 0.3 is 6.18 Å². The Morgan fingerprint density at radius 1 is 1.25 bits per heavy atom. The van der Waals surface area contributed by atoms with Gasteiger partial charge in [-0.2, -0.15) is 18.3 Å². The maximum Gasteiger partial charge on any atom is 0.416 e. The number of amides is 1. The minimum atomic E-state index is -4.43. The van der Waals surface area contributed by atoms with Gasteiger partial charge in [0.25, 0.3) is 0 Å². The molecule has 2 rings (SSSR count). The molecule has 1 amide bonds. The van der Waals surface area contributed by atoms with Crippen LogP contribution in [0.5, 0.6) is 0 Å².